The van der Waals surface area contributed by atoms with Gasteiger partial charge in [-0.15, -0.1) is 0 Å². The molecule has 0 aliphatic heterocycles. The SMILES string of the molecule is O=S(=O)([O-])C(F)(F)COC(=S)Cc1ccccc1.O=S(=O)([O-])C(F)(F)COC(=S)Cc1ccccc1.[Na+].[Na+]. The van der Waals surface area contributed by atoms with Crippen molar-refractivity contribution in [2.75, 3.05) is 13.2 Å². The van der Waals surface area contributed by atoms with Crippen LogP contribution in [0, 0.1) is 0 Å². The molecule has 0 spiro atoms. The second kappa shape index (κ2) is 17.5. The Morgan fingerprint density at radius 2 is 0.921 bits per heavy atom. The van der Waals surface area contributed by atoms with E-state index in [0.717, 1.165) is 11.1 Å². The van der Waals surface area contributed by atoms with Crippen molar-refractivity contribution in [3.8, 4) is 0 Å². The molecule has 0 radical (unpaired) electrons. The third-order valence-corrected chi connectivity index (χ3v) is 6.14. The van der Waals surface area contributed by atoms with Crippen LogP contribution in [0.1, 0.15) is 11.1 Å². The summed E-state index contributed by atoms with van der Waals surface area (Å²) in [6, 6.07) is 17.3. The Kier molecular flexibility index (Phi) is 18.4. The fourth-order valence-corrected chi connectivity index (χ4v) is 2.96. The molecule has 2 rings (SSSR count). The number of benzene rings is 2. The van der Waals surface area contributed by atoms with E-state index in [1.807, 2.05) is 0 Å². The van der Waals surface area contributed by atoms with Crippen LogP contribution in [0.15, 0.2) is 60.7 Å². The van der Waals surface area contributed by atoms with Crippen molar-refractivity contribution >= 4 is 54.8 Å². The Morgan fingerprint density at radius 3 is 1.16 bits per heavy atom. The van der Waals surface area contributed by atoms with Gasteiger partial charge in [0.05, 0.1) is 0 Å². The van der Waals surface area contributed by atoms with Crippen LogP contribution in [0.2, 0.25) is 0 Å². The number of alkyl halides is 4. The summed E-state index contributed by atoms with van der Waals surface area (Å²) >= 11 is 9.35. The minimum absolute atomic E-state index is 0. The summed E-state index contributed by atoms with van der Waals surface area (Å²) in [4.78, 5) is 0. The number of ether oxygens (including phenoxy) is 2. The molecule has 0 aromatic heterocycles. The van der Waals surface area contributed by atoms with Crippen LogP contribution in [0.5, 0.6) is 0 Å². The van der Waals surface area contributed by atoms with Gasteiger partial charge in [-0.1, -0.05) is 60.7 Å². The smallest absolute Gasteiger partial charge is 0.743 e. The van der Waals surface area contributed by atoms with Crippen molar-refractivity contribution in [3.63, 3.8) is 0 Å². The molecular weight excluding hydrogens is 618 g/mol. The molecule has 0 heterocycles. The standard InChI is InChI=1S/2C10H10F2O4S2.2Na/c2*11-10(12,18(13,14)15)7-16-9(17)6-8-4-2-1-3-5-8;;/h2*1-5H,6-7H2,(H,13,14,15);;/q;;2*+1/p-2. The van der Waals surface area contributed by atoms with Crippen molar-refractivity contribution in [1.29, 1.82) is 0 Å². The van der Waals surface area contributed by atoms with E-state index < -0.39 is 44.0 Å². The molecule has 2 aromatic carbocycles. The van der Waals surface area contributed by atoms with Gasteiger partial charge in [0.1, 0.15) is 0 Å². The van der Waals surface area contributed by atoms with E-state index in [1.165, 1.54) is 0 Å². The van der Waals surface area contributed by atoms with Gasteiger partial charge in [0, 0.05) is 12.8 Å². The van der Waals surface area contributed by atoms with Crippen molar-refractivity contribution in [1.82, 2.24) is 0 Å². The maximum atomic E-state index is 12.7. The third kappa shape index (κ3) is 14.9. The Hall–Kier alpha value is -0.240. The van der Waals surface area contributed by atoms with Gasteiger partial charge >= 0.3 is 69.6 Å². The number of hydrogen-bond acceptors (Lipinski definition) is 10. The van der Waals surface area contributed by atoms with Crippen LogP contribution >= 0.6 is 24.4 Å². The van der Waals surface area contributed by atoms with Crippen LogP contribution < -0.4 is 59.1 Å². The molecule has 0 aliphatic carbocycles. The Balaban J connectivity index is 0. The molecule has 0 saturated carbocycles. The number of hydrogen-bond donors (Lipinski definition) is 0. The van der Waals surface area contributed by atoms with Gasteiger partial charge in [-0.25, -0.2) is 16.8 Å². The first-order chi connectivity index (χ1) is 16.4. The summed E-state index contributed by atoms with van der Waals surface area (Å²) in [6.07, 6.45) is 0.177. The Bertz CT molecular complexity index is 1140. The summed E-state index contributed by atoms with van der Waals surface area (Å²) in [5.74, 6) is 0. The van der Waals surface area contributed by atoms with E-state index >= 15 is 0 Å². The van der Waals surface area contributed by atoms with Gasteiger partial charge < -0.3 is 18.6 Å². The maximum absolute atomic E-state index is 12.7. The first kappa shape index (κ1) is 39.9. The zero-order valence-electron chi connectivity index (χ0n) is 20.0. The largest absolute Gasteiger partial charge is 1.00 e. The van der Waals surface area contributed by atoms with Crippen molar-refractivity contribution in [3.05, 3.63) is 71.8 Å². The molecule has 8 nitrogen and oxygen atoms in total. The quantitative estimate of drug-likeness (QED) is 0.119. The van der Waals surface area contributed by atoms with Crippen molar-refractivity contribution in [2.45, 2.75) is 23.4 Å². The van der Waals surface area contributed by atoms with Crippen LogP contribution in [0.4, 0.5) is 17.6 Å². The van der Waals surface area contributed by atoms with E-state index in [9.17, 15) is 43.5 Å². The van der Waals surface area contributed by atoms with E-state index in [0.29, 0.717) is 0 Å². The summed E-state index contributed by atoms with van der Waals surface area (Å²) in [6.45, 7) is -3.13. The molecule has 0 unspecified atom stereocenters. The maximum Gasteiger partial charge on any atom is 1.00 e. The fraction of sp³-hybridized carbons (Fsp3) is 0.300. The second-order valence-electron chi connectivity index (χ2n) is 6.83. The predicted octanol–water partition coefficient (Wildman–Crippen LogP) is -2.57. The van der Waals surface area contributed by atoms with Gasteiger partial charge in [0.15, 0.2) is 43.6 Å². The van der Waals surface area contributed by atoms with Crippen LogP contribution in [-0.4, -0.2) is 59.8 Å². The summed E-state index contributed by atoms with van der Waals surface area (Å²) in [5.41, 5.74) is 1.46. The minimum atomic E-state index is -5.74. The Labute approximate surface area is 272 Å². The summed E-state index contributed by atoms with van der Waals surface area (Å²) in [5, 5.41) is -9.37. The summed E-state index contributed by atoms with van der Waals surface area (Å²) < 4.78 is 121. The monoisotopic (exact) mass is 636 g/mol. The van der Waals surface area contributed by atoms with E-state index in [2.05, 4.69) is 33.9 Å². The Morgan fingerprint density at radius 1 is 0.658 bits per heavy atom. The average Bonchev–Trinajstić information content (AvgIpc) is 2.77. The van der Waals surface area contributed by atoms with Gasteiger partial charge in [0.25, 0.3) is 0 Å². The topological polar surface area (TPSA) is 133 Å². The molecule has 0 bridgehead atoms. The molecule has 0 amide bonds. The molecule has 38 heavy (non-hydrogen) atoms. The summed E-state index contributed by atoms with van der Waals surface area (Å²) in [7, 11) is -11.5. The normalized spacial score (nSPS) is 11.5. The first-order valence-corrected chi connectivity index (χ1v) is 13.1. The molecule has 2 aromatic rings. The third-order valence-electron chi connectivity index (χ3n) is 3.92. The van der Waals surface area contributed by atoms with Crippen LogP contribution in [0.3, 0.4) is 0 Å². The molecule has 0 saturated heterocycles. The molecule has 0 atom stereocenters. The van der Waals surface area contributed by atoms with E-state index in [1.54, 1.807) is 60.7 Å². The predicted molar refractivity (Wildman–Crippen MR) is 127 cm³/mol. The second-order valence-corrected chi connectivity index (χ2v) is 10.8. The number of halogens is 4. The molecule has 18 heteroatoms. The first-order valence-electron chi connectivity index (χ1n) is 9.50. The molecule has 0 aliphatic rings. The molecule has 0 N–H and O–H groups in total. The van der Waals surface area contributed by atoms with Gasteiger partial charge in [0.2, 0.25) is 0 Å². The molecular formula is C20H18F4Na2O8S4. The van der Waals surface area contributed by atoms with Crippen LogP contribution in [-0.2, 0) is 42.6 Å². The van der Waals surface area contributed by atoms with E-state index in [4.69, 9.17) is 0 Å². The molecule has 200 valence electrons. The fourth-order valence-electron chi connectivity index (χ4n) is 2.10. The number of rotatable bonds is 10. The zero-order chi connectivity index (χ0) is 27.6. The van der Waals surface area contributed by atoms with Crippen molar-refractivity contribution < 1.29 is 112 Å². The average molecular weight is 637 g/mol. The zero-order valence-corrected chi connectivity index (χ0v) is 27.3. The van der Waals surface area contributed by atoms with Crippen molar-refractivity contribution in [2.24, 2.45) is 0 Å². The number of thiocarbonyl (C=S) groups is 2. The minimum Gasteiger partial charge on any atom is -0.743 e. The van der Waals surface area contributed by atoms with Gasteiger partial charge in [-0.05, 0) is 35.6 Å². The van der Waals surface area contributed by atoms with E-state index in [-0.39, 0.29) is 82.1 Å². The van der Waals surface area contributed by atoms with Gasteiger partial charge in [-0.2, -0.15) is 17.6 Å². The van der Waals surface area contributed by atoms with Crippen LogP contribution in [0.25, 0.3) is 0 Å². The molecule has 0 fully saturated rings. The van der Waals surface area contributed by atoms with Gasteiger partial charge in [-0.3, -0.25) is 0 Å².